The van der Waals surface area contributed by atoms with Gasteiger partial charge in [0.25, 0.3) is 5.91 Å². The van der Waals surface area contributed by atoms with Crippen LogP contribution in [-0.2, 0) is 4.74 Å². The lowest BCUT2D eigenvalue weighted by Crippen LogP contribution is -2.51. The van der Waals surface area contributed by atoms with Crippen molar-refractivity contribution in [3.63, 3.8) is 0 Å². The molecule has 1 aromatic heterocycles. The quantitative estimate of drug-likeness (QED) is 0.784. The first-order chi connectivity index (χ1) is 12.8. The number of hydrogen-bond donors (Lipinski definition) is 1. The first kappa shape index (κ1) is 16.5. The highest BCUT2D eigenvalue weighted by molar-refractivity contribution is 6.04. The topological polar surface area (TPSA) is 73.3 Å². The third-order valence-electron chi connectivity index (χ3n) is 4.38. The molecule has 0 radical (unpaired) electrons. The van der Waals surface area contributed by atoms with Crippen LogP contribution >= 0.6 is 0 Å². The molecule has 1 aliphatic rings. The molecule has 132 valence electrons. The molecule has 1 amide bonds. The molecular formula is C20H19N3O3. The van der Waals surface area contributed by atoms with Crippen molar-refractivity contribution in [1.82, 2.24) is 15.3 Å². The van der Waals surface area contributed by atoms with Crippen molar-refractivity contribution in [3.05, 3.63) is 66.5 Å². The normalized spacial score (nSPS) is 19.8. The number of nitrogens with zero attached hydrogens (tertiary/aromatic N) is 2. The number of hydrogen-bond acceptors (Lipinski definition) is 5. The van der Waals surface area contributed by atoms with Crippen LogP contribution in [0.5, 0.6) is 5.75 Å². The van der Waals surface area contributed by atoms with E-state index in [2.05, 4.69) is 15.3 Å². The molecule has 26 heavy (non-hydrogen) atoms. The summed E-state index contributed by atoms with van der Waals surface area (Å²) in [5.41, 5.74) is 1.78. The van der Waals surface area contributed by atoms with E-state index in [1.54, 1.807) is 24.5 Å². The standard InChI is InChI=1S/C20H19N3O3/c24-20(15-7-4-8-16-19(15)22-11-10-21-16)23-17-13-25-12-9-18(17)26-14-5-2-1-3-6-14/h1-8,10-11,17-18H,9,12-13H2,(H,23,24)/t17-,18+/m1/s1. The van der Waals surface area contributed by atoms with Gasteiger partial charge in [-0.3, -0.25) is 14.8 Å². The van der Waals surface area contributed by atoms with E-state index in [0.29, 0.717) is 29.8 Å². The molecule has 0 unspecified atom stereocenters. The summed E-state index contributed by atoms with van der Waals surface area (Å²) in [4.78, 5) is 21.4. The summed E-state index contributed by atoms with van der Waals surface area (Å²) in [7, 11) is 0. The molecule has 2 aromatic carbocycles. The molecule has 6 nitrogen and oxygen atoms in total. The molecule has 0 bridgehead atoms. The average Bonchev–Trinajstić information content (AvgIpc) is 2.70. The lowest BCUT2D eigenvalue weighted by atomic mass is 10.1. The second kappa shape index (κ2) is 7.49. The van der Waals surface area contributed by atoms with Crippen LogP contribution in [0.2, 0.25) is 0 Å². The Morgan fingerprint density at radius 3 is 2.81 bits per heavy atom. The highest BCUT2D eigenvalue weighted by Crippen LogP contribution is 2.19. The fourth-order valence-corrected chi connectivity index (χ4v) is 3.09. The van der Waals surface area contributed by atoms with Crippen LogP contribution in [-0.4, -0.2) is 41.2 Å². The van der Waals surface area contributed by atoms with Gasteiger partial charge in [0.1, 0.15) is 17.4 Å². The highest BCUT2D eigenvalue weighted by atomic mass is 16.5. The van der Waals surface area contributed by atoms with Crippen LogP contribution in [0.25, 0.3) is 11.0 Å². The van der Waals surface area contributed by atoms with Gasteiger partial charge < -0.3 is 14.8 Å². The summed E-state index contributed by atoms with van der Waals surface area (Å²) in [5, 5.41) is 3.04. The largest absolute Gasteiger partial charge is 0.488 e. The summed E-state index contributed by atoms with van der Waals surface area (Å²) in [5.74, 6) is 0.586. The molecule has 4 rings (SSSR count). The second-order valence-electron chi connectivity index (χ2n) is 6.14. The Labute approximate surface area is 151 Å². The minimum absolute atomic E-state index is 0.142. The van der Waals surface area contributed by atoms with E-state index in [1.807, 2.05) is 36.4 Å². The lowest BCUT2D eigenvalue weighted by Gasteiger charge is -2.32. The Morgan fingerprint density at radius 1 is 1.08 bits per heavy atom. The molecule has 0 saturated carbocycles. The number of aromatic nitrogens is 2. The van der Waals surface area contributed by atoms with Gasteiger partial charge in [-0.1, -0.05) is 24.3 Å². The van der Waals surface area contributed by atoms with Crippen molar-refractivity contribution in [2.75, 3.05) is 13.2 Å². The van der Waals surface area contributed by atoms with Crippen molar-refractivity contribution >= 4 is 16.9 Å². The molecular weight excluding hydrogens is 330 g/mol. The molecule has 0 spiro atoms. The zero-order valence-corrected chi connectivity index (χ0v) is 14.2. The molecule has 1 fully saturated rings. The fourth-order valence-electron chi connectivity index (χ4n) is 3.09. The van der Waals surface area contributed by atoms with Gasteiger partial charge in [-0.2, -0.15) is 0 Å². The van der Waals surface area contributed by atoms with Crippen LogP contribution in [0.1, 0.15) is 16.8 Å². The van der Waals surface area contributed by atoms with Gasteiger partial charge in [-0.25, -0.2) is 0 Å². The number of carbonyl (C=O) groups excluding carboxylic acids is 1. The Balaban J connectivity index is 1.53. The lowest BCUT2D eigenvalue weighted by molar-refractivity contribution is -0.00286. The van der Waals surface area contributed by atoms with Crippen molar-refractivity contribution in [2.45, 2.75) is 18.6 Å². The summed E-state index contributed by atoms with van der Waals surface area (Å²) in [6.07, 6.45) is 3.78. The first-order valence-corrected chi connectivity index (χ1v) is 8.61. The number of para-hydroxylation sites is 2. The van der Waals surface area contributed by atoms with Crippen LogP contribution < -0.4 is 10.1 Å². The molecule has 2 heterocycles. The number of benzene rings is 2. The minimum atomic E-state index is -0.233. The smallest absolute Gasteiger partial charge is 0.253 e. The maximum Gasteiger partial charge on any atom is 0.253 e. The Kier molecular flexibility index (Phi) is 4.75. The predicted octanol–water partition coefficient (Wildman–Crippen LogP) is 2.60. The summed E-state index contributed by atoms with van der Waals surface area (Å²) in [6, 6.07) is 14.8. The average molecular weight is 349 g/mol. The monoisotopic (exact) mass is 349 g/mol. The molecule has 2 atom stereocenters. The molecule has 1 saturated heterocycles. The maximum atomic E-state index is 12.8. The van der Waals surface area contributed by atoms with Gasteiger partial charge in [-0.05, 0) is 24.3 Å². The number of carbonyl (C=O) groups is 1. The molecule has 3 aromatic rings. The molecule has 1 aliphatic heterocycles. The SMILES string of the molecule is O=C(N[C@@H]1COCC[C@@H]1Oc1ccccc1)c1cccc2nccnc12. The molecule has 1 N–H and O–H groups in total. The van der Waals surface area contributed by atoms with E-state index in [9.17, 15) is 4.79 Å². The Hall–Kier alpha value is -2.99. The summed E-state index contributed by atoms with van der Waals surface area (Å²) < 4.78 is 11.6. The third-order valence-corrected chi connectivity index (χ3v) is 4.38. The van der Waals surface area contributed by atoms with Gasteiger partial charge in [-0.15, -0.1) is 0 Å². The van der Waals surface area contributed by atoms with Crippen molar-refractivity contribution < 1.29 is 14.3 Å². The third kappa shape index (κ3) is 3.50. The number of ether oxygens (including phenoxy) is 2. The van der Waals surface area contributed by atoms with Crippen LogP contribution in [0.15, 0.2) is 60.9 Å². The molecule has 0 aliphatic carbocycles. The second-order valence-corrected chi connectivity index (χ2v) is 6.14. The molecule has 6 heteroatoms. The zero-order chi connectivity index (χ0) is 17.8. The van der Waals surface area contributed by atoms with Gasteiger partial charge in [0.2, 0.25) is 0 Å². The van der Waals surface area contributed by atoms with Gasteiger partial charge >= 0.3 is 0 Å². The van der Waals surface area contributed by atoms with Crippen molar-refractivity contribution in [2.24, 2.45) is 0 Å². The van der Waals surface area contributed by atoms with Crippen LogP contribution in [0, 0.1) is 0 Å². The van der Waals surface area contributed by atoms with Gasteiger partial charge in [0.15, 0.2) is 0 Å². The van der Waals surface area contributed by atoms with E-state index in [4.69, 9.17) is 9.47 Å². The number of fused-ring (bicyclic) bond motifs is 1. The summed E-state index contributed by atoms with van der Waals surface area (Å²) in [6.45, 7) is 1.03. The van der Waals surface area contributed by atoms with Gasteiger partial charge in [0.05, 0.1) is 30.3 Å². The maximum absolute atomic E-state index is 12.8. The number of nitrogens with one attached hydrogen (secondary N) is 1. The first-order valence-electron chi connectivity index (χ1n) is 8.61. The predicted molar refractivity (Wildman–Crippen MR) is 97.1 cm³/mol. The van der Waals surface area contributed by atoms with Crippen molar-refractivity contribution in [1.29, 1.82) is 0 Å². The van der Waals surface area contributed by atoms with Crippen molar-refractivity contribution in [3.8, 4) is 5.75 Å². The zero-order valence-electron chi connectivity index (χ0n) is 14.2. The van der Waals surface area contributed by atoms with E-state index in [0.717, 1.165) is 12.2 Å². The van der Waals surface area contributed by atoms with Crippen LogP contribution in [0.3, 0.4) is 0 Å². The van der Waals surface area contributed by atoms with E-state index in [-0.39, 0.29) is 18.1 Å². The van der Waals surface area contributed by atoms with Crippen LogP contribution in [0.4, 0.5) is 0 Å². The highest BCUT2D eigenvalue weighted by Gasteiger charge is 2.29. The fraction of sp³-hybridized carbons (Fsp3) is 0.250. The summed E-state index contributed by atoms with van der Waals surface area (Å²) >= 11 is 0. The Bertz CT molecular complexity index is 896. The van der Waals surface area contributed by atoms with E-state index < -0.39 is 0 Å². The minimum Gasteiger partial charge on any atom is -0.488 e. The Morgan fingerprint density at radius 2 is 1.92 bits per heavy atom. The van der Waals surface area contributed by atoms with E-state index in [1.165, 1.54) is 0 Å². The van der Waals surface area contributed by atoms with Gasteiger partial charge in [0, 0.05) is 18.8 Å². The number of amides is 1. The number of rotatable bonds is 4. The van der Waals surface area contributed by atoms with E-state index >= 15 is 0 Å².